The second-order valence-corrected chi connectivity index (χ2v) is 21.6. The van der Waals surface area contributed by atoms with Crippen LogP contribution in [-0.2, 0) is 10.8 Å². The van der Waals surface area contributed by atoms with E-state index in [1.165, 1.54) is 139 Å². The van der Waals surface area contributed by atoms with E-state index in [-0.39, 0.29) is 10.8 Å². The van der Waals surface area contributed by atoms with Crippen molar-refractivity contribution < 1.29 is 0 Å². The Morgan fingerprint density at radius 3 is 0.740 bits per heavy atom. The molecule has 0 heteroatoms. The Kier molecular flexibility index (Phi) is 11.3. The molecule has 13 rings (SSSR count). The van der Waals surface area contributed by atoms with Crippen LogP contribution >= 0.6 is 0 Å². The fourth-order valence-corrected chi connectivity index (χ4v) is 11.5. The molecule has 0 aliphatic heterocycles. The molecule has 0 nitrogen and oxygen atoms in total. The van der Waals surface area contributed by atoms with Crippen molar-refractivity contribution in [3.8, 4) is 89.0 Å². The van der Waals surface area contributed by atoms with Crippen molar-refractivity contribution in [2.45, 2.75) is 59.3 Å². The average Bonchev–Trinajstić information content (AvgIpc) is 3.80. The molecule has 11 aromatic rings. The zero-order chi connectivity index (χ0) is 50.0. The van der Waals surface area contributed by atoms with E-state index in [0.29, 0.717) is 0 Å². The summed E-state index contributed by atoms with van der Waals surface area (Å²) in [6.45, 7) is 15.9. The van der Waals surface area contributed by atoms with Gasteiger partial charge in [0.05, 0.1) is 0 Å². The molecule has 0 saturated heterocycles. The highest BCUT2D eigenvalue weighted by molar-refractivity contribution is 5.90. The molecule has 2 aliphatic rings. The first-order valence-electron chi connectivity index (χ1n) is 25.9. The standard InChI is InChI=1S/C41H34.C32H26/c1-27-5-9-29(10-6-27)31-13-17-33(18-14-31)35-21-23-37-38-24-22-36(26-40(38)41(3,4)39(37)25-35)34-19-15-32(16-20-34)30-11-7-28(2)8-12-30;1-21-8-10-23(11-9-21)26-14-16-28-29-17-15-27(20-31(29)32(2,3)30(28)19-26)25-13-12-22-6-4-5-7-24(22)18-25/h5-26H,1-4H3;4-20H,1-3H3. The Hall–Kier alpha value is -8.32. The molecular weight excluding hydrogens is 877 g/mol. The van der Waals surface area contributed by atoms with Gasteiger partial charge in [0, 0.05) is 10.8 Å². The second kappa shape index (κ2) is 18.1. The van der Waals surface area contributed by atoms with Crippen molar-refractivity contribution in [3.05, 3.63) is 276 Å². The van der Waals surface area contributed by atoms with Crippen LogP contribution in [0.15, 0.2) is 237 Å². The molecular formula is C73H60. The van der Waals surface area contributed by atoms with Gasteiger partial charge >= 0.3 is 0 Å². The molecule has 11 aromatic carbocycles. The SMILES string of the molecule is Cc1ccc(-c2ccc(-c3ccc4c(c3)C(C)(C)c3cc(-c5ccc(-c6ccc(C)cc6)cc5)ccc3-4)cc2)cc1.Cc1ccc(-c2ccc3c(c2)C(C)(C)c2cc(-c4ccc5ccccc5c4)ccc2-3)cc1. The predicted octanol–water partition coefficient (Wildman–Crippen LogP) is 20.1. The van der Waals surface area contributed by atoms with Gasteiger partial charge in [0.2, 0.25) is 0 Å². The molecule has 0 heterocycles. The number of hydrogen-bond acceptors (Lipinski definition) is 0. The minimum Gasteiger partial charge on any atom is -0.0616 e. The molecule has 0 N–H and O–H groups in total. The Labute approximate surface area is 432 Å². The highest BCUT2D eigenvalue weighted by atomic mass is 14.4. The summed E-state index contributed by atoms with van der Waals surface area (Å²) >= 11 is 0. The first-order valence-corrected chi connectivity index (χ1v) is 25.9. The lowest BCUT2D eigenvalue weighted by molar-refractivity contribution is 0.660. The number of rotatable bonds is 6. The topological polar surface area (TPSA) is 0 Å². The first-order chi connectivity index (χ1) is 35.4. The van der Waals surface area contributed by atoms with Crippen LogP contribution in [0.3, 0.4) is 0 Å². The van der Waals surface area contributed by atoms with Gasteiger partial charge in [-0.1, -0.05) is 251 Å². The van der Waals surface area contributed by atoms with Crippen molar-refractivity contribution in [3.63, 3.8) is 0 Å². The molecule has 0 unspecified atom stereocenters. The summed E-state index contributed by atoms with van der Waals surface area (Å²) in [5.74, 6) is 0. The summed E-state index contributed by atoms with van der Waals surface area (Å²) in [7, 11) is 0. The summed E-state index contributed by atoms with van der Waals surface area (Å²) in [4.78, 5) is 0. The molecule has 0 spiro atoms. The van der Waals surface area contributed by atoms with E-state index >= 15 is 0 Å². The van der Waals surface area contributed by atoms with E-state index in [0.717, 1.165) is 0 Å². The average molecular weight is 937 g/mol. The van der Waals surface area contributed by atoms with Crippen LogP contribution in [-0.4, -0.2) is 0 Å². The number of benzene rings is 11. The van der Waals surface area contributed by atoms with Crippen molar-refractivity contribution >= 4 is 10.8 Å². The zero-order valence-electron chi connectivity index (χ0n) is 43.0. The van der Waals surface area contributed by atoms with Gasteiger partial charge in [-0.2, -0.15) is 0 Å². The molecule has 0 bridgehead atoms. The van der Waals surface area contributed by atoms with Crippen LogP contribution in [0.25, 0.3) is 99.8 Å². The zero-order valence-corrected chi connectivity index (χ0v) is 43.0. The van der Waals surface area contributed by atoms with Crippen LogP contribution in [0.5, 0.6) is 0 Å². The maximum atomic E-state index is 2.41. The van der Waals surface area contributed by atoms with E-state index in [1.807, 2.05) is 0 Å². The van der Waals surface area contributed by atoms with Crippen LogP contribution < -0.4 is 0 Å². The highest BCUT2D eigenvalue weighted by Gasteiger charge is 2.37. The summed E-state index contributed by atoms with van der Waals surface area (Å²) < 4.78 is 0. The van der Waals surface area contributed by atoms with E-state index in [2.05, 4.69) is 285 Å². The third-order valence-corrected chi connectivity index (χ3v) is 16.0. The number of fused-ring (bicyclic) bond motifs is 7. The number of hydrogen-bond donors (Lipinski definition) is 0. The van der Waals surface area contributed by atoms with Crippen molar-refractivity contribution in [1.29, 1.82) is 0 Å². The lowest BCUT2D eigenvalue weighted by Gasteiger charge is -2.22. The Bertz CT molecular complexity index is 3720. The summed E-state index contributed by atoms with van der Waals surface area (Å²) in [5.41, 5.74) is 30.1. The largest absolute Gasteiger partial charge is 0.0616 e. The third-order valence-electron chi connectivity index (χ3n) is 16.0. The van der Waals surface area contributed by atoms with Crippen LogP contribution in [0, 0.1) is 20.8 Å². The predicted molar refractivity (Wildman–Crippen MR) is 312 cm³/mol. The van der Waals surface area contributed by atoms with Gasteiger partial charge in [-0.25, -0.2) is 0 Å². The highest BCUT2D eigenvalue weighted by Crippen LogP contribution is 2.52. The van der Waals surface area contributed by atoms with Gasteiger partial charge in [0.15, 0.2) is 0 Å². The molecule has 0 saturated carbocycles. The third kappa shape index (κ3) is 8.41. The van der Waals surface area contributed by atoms with Gasteiger partial charge < -0.3 is 0 Å². The molecule has 0 aromatic heterocycles. The van der Waals surface area contributed by atoms with Gasteiger partial charge in [-0.3, -0.25) is 0 Å². The molecule has 352 valence electrons. The minimum atomic E-state index is -0.0691. The fraction of sp³-hybridized carbons (Fsp3) is 0.123. The summed E-state index contributed by atoms with van der Waals surface area (Å²) in [6.07, 6.45) is 0. The summed E-state index contributed by atoms with van der Waals surface area (Å²) in [6, 6.07) is 87.7. The van der Waals surface area contributed by atoms with E-state index < -0.39 is 0 Å². The monoisotopic (exact) mass is 936 g/mol. The van der Waals surface area contributed by atoms with E-state index in [4.69, 9.17) is 0 Å². The Balaban J connectivity index is 0.000000153. The smallest absolute Gasteiger partial charge is 0.0159 e. The molecule has 0 fully saturated rings. The molecule has 0 amide bonds. The molecule has 73 heavy (non-hydrogen) atoms. The van der Waals surface area contributed by atoms with Crippen molar-refractivity contribution in [1.82, 2.24) is 0 Å². The molecule has 0 atom stereocenters. The molecule has 0 radical (unpaired) electrons. The first kappa shape index (κ1) is 45.8. The van der Waals surface area contributed by atoms with Gasteiger partial charge in [-0.15, -0.1) is 0 Å². The number of aryl methyl sites for hydroxylation is 3. The van der Waals surface area contributed by atoms with Gasteiger partial charge in [0.1, 0.15) is 0 Å². The summed E-state index contributed by atoms with van der Waals surface area (Å²) in [5, 5.41) is 2.57. The van der Waals surface area contributed by atoms with E-state index in [1.54, 1.807) is 0 Å². The lowest BCUT2D eigenvalue weighted by Crippen LogP contribution is -2.15. The maximum Gasteiger partial charge on any atom is 0.0159 e. The Morgan fingerprint density at radius 2 is 0.425 bits per heavy atom. The van der Waals surface area contributed by atoms with Crippen molar-refractivity contribution in [2.24, 2.45) is 0 Å². The quantitative estimate of drug-likeness (QED) is 0.156. The minimum absolute atomic E-state index is 0.0295. The lowest BCUT2D eigenvalue weighted by atomic mass is 9.80. The van der Waals surface area contributed by atoms with Crippen LogP contribution in [0.2, 0.25) is 0 Å². The van der Waals surface area contributed by atoms with Gasteiger partial charge in [0.25, 0.3) is 0 Å². The normalized spacial score (nSPS) is 13.4. The Morgan fingerprint density at radius 1 is 0.205 bits per heavy atom. The van der Waals surface area contributed by atoms with Crippen LogP contribution in [0.1, 0.15) is 66.6 Å². The van der Waals surface area contributed by atoms with Crippen molar-refractivity contribution in [2.75, 3.05) is 0 Å². The second-order valence-electron chi connectivity index (χ2n) is 21.6. The fourth-order valence-electron chi connectivity index (χ4n) is 11.5. The van der Waals surface area contributed by atoms with Crippen LogP contribution in [0.4, 0.5) is 0 Å². The van der Waals surface area contributed by atoms with E-state index in [9.17, 15) is 0 Å². The molecule has 2 aliphatic carbocycles. The van der Waals surface area contributed by atoms with Gasteiger partial charge in [-0.05, 0) is 173 Å². The maximum absolute atomic E-state index is 2.41.